The molecule has 0 saturated carbocycles. The normalized spacial score (nSPS) is 18.2. The number of thiophene rings is 1. The topological polar surface area (TPSA) is 75.4 Å². The highest BCUT2D eigenvalue weighted by Crippen LogP contribution is 2.23. The maximum absolute atomic E-state index is 12.3. The molecule has 3 N–H and O–H groups in total. The van der Waals surface area contributed by atoms with Gasteiger partial charge in [0.05, 0.1) is 11.6 Å². The molecule has 1 atom stereocenters. The lowest BCUT2D eigenvalue weighted by Crippen LogP contribution is -2.42. The van der Waals surface area contributed by atoms with Crippen molar-refractivity contribution < 1.29 is 9.59 Å². The Kier molecular flexibility index (Phi) is 5.14. The first-order valence-corrected chi connectivity index (χ1v) is 7.90. The van der Waals surface area contributed by atoms with Crippen LogP contribution in [0.1, 0.15) is 43.0 Å². The van der Waals surface area contributed by atoms with Gasteiger partial charge in [-0.05, 0) is 44.3 Å². The van der Waals surface area contributed by atoms with Gasteiger partial charge in [0.2, 0.25) is 5.91 Å². The number of amides is 2. The second-order valence-electron chi connectivity index (χ2n) is 5.14. The van der Waals surface area contributed by atoms with Crippen LogP contribution in [0.5, 0.6) is 0 Å². The van der Waals surface area contributed by atoms with E-state index >= 15 is 0 Å². The molecule has 0 aromatic carbocycles. The molecule has 1 aliphatic heterocycles. The van der Waals surface area contributed by atoms with Crippen molar-refractivity contribution >= 4 is 28.2 Å². The molecule has 20 heavy (non-hydrogen) atoms. The fourth-order valence-electron chi connectivity index (χ4n) is 2.46. The molecule has 110 valence electrons. The molecule has 2 rings (SSSR count). The van der Waals surface area contributed by atoms with Crippen LogP contribution in [0.15, 0.2) is 11.4 Å². The third-order valence-corrected chi connectivity index (χ3v) is 4.57. The van der Waals surface area contributed by atoms with Crippen molar-refractivity contribution in [1.82, 2.24) is 4.90 Å². The van der Waals surface area contributed by atoms with Crippen LogP contribution in [0, 0.1) is 0 Å². The molecule has 1 unspecified atom stereocenters. The minimum atomic E-state index is -0.510. The Balaban J connectivity index is 1.99. The average Bonchev–Trinajstić information content (AvgIpc) is 2.72. The summed E-state index contributed by atoms with van der Waals surface area (Å²) in [5.74, 6) is -0.583. The molecule has 0 spiro atoms. The number of nitrogens with zero attached hydrogens (tertiary/aromatic N) is 1. The van der Waals surface area contributed by atoms with Crippen LogP contribution in [0.4, 0.5) is 5.00 Å². The number of hydrogen-bond acceptors (Lipinski definition) is 4. The van der Waals surface area contributed by atoms with Crippen LogP contribution in [0.3, 0.4) is 0 Å². The quantitative estimate of drug-likeness (QED) is 0.892. The van der Waals surface area contributed by atoms with Gasteiger partial charge in [-0.2, -0.15) is 0 Å². The minimum absolute atomic E-state index is 0.0724. The predicted octanol–water partition coefficient (Wildman–Crippen LogP) is 2.05. The van der Waals surface area contributed by atoms with Gasteiger partial charge in [-0.25, -0.2) is 0 Å². The molecule has 5 nitrogen and oxygen atoms in total. The second-order valence-corrected chi connectivity index (χ2v) is 6.06. The lowest BCUT2D eigenvalue weighted by Gasteiger charge is -2.26. The van der Waals surface area contributed by atoms with E-state index in [9.17, 15) is 9.59 Å². The first kappa shape index (κ1) is 15.0. The van der Waals surface area contributed by atoms with Gasteiger partial charge in [-0.15, -0.1) is 11.3 Å². The number of likely N-dealkylation sites (tertiary alicyclic amines) is 1. The smallest absolute Gasteiger partial charge is 0.251 e. The van der Waals surface area contributed by atoms with E-state index in [0.717, 1.165) is 25.9 Å². The van der Waals surface area contributed by atoms with Crippen molar-refractivity contribution in [3.8, 4) is 0 Å². The average molecular weight is 295 g/mol. The fourth-order valence-corrected chi connectivity index (χ4v) is 3.26. The molecule has 1 aromatic heterocycles. The van der Waals surface area contributed by atoms with Crippen LogP contribution >= 0.6 is 11.3 Å². The monoisotopic (exact) mass is 295 g/mol. The van der Waals surface area contributed by atoms with Gasteiger partial charge in [0.25, 0.3) is 5.91 Å². The summed E-state index contributed by atoms with van der Waals surface area (Å²) in [6.45, 7) is 3.83. The number of hydrogen-bond donors (Lipinski definition) is 2. The summed E-state index contributed by atoms with van der Waals surface area (Å²) in [5, 5.41) is 5.13. The van der Waals surface area contributed by atoms with E-state index in [2.05, 4.69) is 10.2 Å². The molecule has 2 amide bonds. The van der Waals surface area contributed by atoms with Gasteiger partial charge < -0.3 is 11.1 Å². The van der Waals surface area contributed by atoms with Crippen LogP contribution in [0.2, 0.25) is 0 Å². The molecule has 0 bridgehead atoms. The molecule has 1 fully saturated rings. The van der Waals surface area contributed by atoms with Gasteiger partial charge in [0.1, 0.15) is 5.00 Å². The Morgan fingerprint density at radius 2 is 1.95 bits per heavy atom. The third-order valence-electron chi connectivity index (χ3n) is 3.74. The molecule has 0 radical (unpaired) electrons. The van der Waals surface area contributed by atoms with Crippen molar-refractivity contribution in [1.29, 1.82) is 0 Å². The fraction of sp³-hybridized carbons (Fsp3) is 0.571. The van der Waals surface area contributed by atoms with E-state index in [1.807, 2.05) is 6.92 Å². The minimum Gasteiger partial charge on any atom is -0.366 e. The van der Waals surface area contributed by atoms with Crippen LogP contribution < -0.4 is 11.1 Å². The first-order chi connectivity index (χ1) is 9.59. The number of nitrogens with one attached hydrogen (secondary N) is 1. The van der Waals surface area contributed by atoms with Crippen molar-refractivity contribution in [2.45, 2.75) is 38.6 Å². The Hall–Kier alpha value is -1.40. The van der Waals surface area contributed by atoms with Crippen LogP contribution in [-0.4, -0.2) is 35.8 Å². The summed E-state index contributed by atoms with van der Waals surface area (Å²) >= 11 is 1.32. The summed E-state index contributed by atoms with van der Waals surface area (Å²) in [6.07, 6.45) is 4.76. The largest absolute Gasteiger partial charge is 0.366 e. The van der Waals surface area contributed by atoms with E-state index in [4.69, 9.17) is 5.73 Å². The van der Waals surface area contributed by atoms with Gasteiger partial charge in [0.15, 0.2) is 0 Å². The van der Waals surface area contributed by atoms with Crippen LogP contribution in [-0.2, 0) is 4.79 Å². The lowest BCUT2D eigenvalue weighted by molar-refractivity contribution is -0.120. The number of nitrogens with two attached hydrogens (primary N) is 1. The highest BCUT2D eigenvalue weighted by molar-refractivity contribution is 7.14. The van der Waals surface area contributed by atoms with Crippen molar-refractivity contribution in [3.05, 3.63) is 17.0 Å². The zero-order valence-corrected chi connectivity index (χ0v) is 12.5. The summed E-state index contributed by atoms with van der Waals surface area (Å²) in [5.41, 5.74) is 5.66. The Morgan fingerprint density at radius 1 is 1.30 bits per heavy atom. The maximum Gasteiger partial charge on any atom is 0.251 e. The van der Waals surface area contributed by atoms with E-state index in [-0.39, 0.29) is 11.9 Å². The number of primary amides is 1. The number of carbonyl (C=O) groups is 2. The summed E-state index contributed by atoms with van der Waals surface area (Å²) in [6, 6.07) is 1.45. The zero-order chi connectivity index (χ0) is 14.5. The third kappa shape index (κ3) is 3.58. The first-order valence-electron chi connectivity index (χ1n) is 7.02. The van der Waals surface area contributed by atoms with Gasteiger partial charge in [-0.1, -0.05) is 12.8 Å². The predicted molar refractivity (Wildman–Crippen MR) is 81.0 cm³/mol. The molecule has 6 heteroatoms. The van der Waals surface area contributed by atoms with Gasteiger partial charge in [-0.3, -0.25) is 14.5 Å². The van der Waals surface area contributed by atoms with E-state index in [0.29, 0.717) is 10.6 Å². The lowest BCUT2D eigenvalue weighted by atomic mass is 10.2. The Morgan fingerprint density at radius 3 is 2.55 bits per heavy atom. The highest BCUT2D eigenvalue weighted by atomic mass is 32.1. The number of carbonyl (C=O) groups excluding carboxylic acids is 2. The molecular formula is C14H21N3O2S. The summed E-state index contributed by atoms with van der Waals surface area (Å²) < 4.78 is 0. The highest BCUT2D eigenvalue weighted by Gasteiger charge is 2.23. The van der Waals surface area contributed by atoms with Crippen molar-refractivity contribution in [2.24, 2.45) is 5.73 Å². The van der Waals surface area contributed by atoms with E-state index in [1.165, 1.54) is 24.2 Å². The second kappa shape index (κ2) is 6.85. The van der Waals surface area contributed by atoms with Crippen LogP contribution in [0.25, 0.3) is 0 Å². The Labute approximate surface area is 123 Å². The SMILES string of the molecule is CC(C(=O)Nc1sccc1C(N)=O)N1CCCCCC1. The molecule has 0 aliphatic carbocycles. The Bertz CT molecular complexity index is 479. The van der Waals surface area contributed by atoms with Crippen molar-refractivity contribution in [2.75, 3.05) is 18.4 Å². The molecule has 1 saturated heterocycles. The standard InChI is InChI=1S/C14H21N3O2S/c1-10(17-7-4-2-3-5-8-17)13(19)16-14-11(12(15)18)6-9-20-14/h6,9-10H,2-5,7-8H2,1H3,(H2,15,18)(H,16,19). The molecule has 1 aliphatic rings. The summed E-state index contributed by atoms with van der Waals surface area (Å²) in [4.78, 5) is 25.8. The van der Waals surface area contributed by atoms with Gasteiger partial charge >= 0.3 is 0 Å². The van der Waals surface area contributed by atoms with Gasteiger partial charge in [0, 0.05) is 0 Å². The van der Waals surface area contributed by atoms with E-state index in [1.54, 1.807) is 11.4 Å². The molecular weight excluding hydrogens is 274 g/mol. The maximum atomic E-state index is 12.3. The summed E-state index contributed by atoms with van der Waals surface area (Å²) in [7, 11) is 0. The number of rotatable bonds is 4. The number of anilines is 1. The zero-order valence-electron chi connectivity index (χ0n) is 11.7. The van der Waals surface area contributed by atoms with E-state index < -0.39 is 5.91 Å². The van der Waals surface area contributed by atoms with Crippen molar-refractivity contribution in [3.63, 3.8) is 0 Å². The molecule has 2 heterocycles. The molecule has 1 aromatic rings.